The Labute approximate surface area is 88.7 Å². The van der Waals surface area contributed by atoms with Crippen LogP contribution in [0, 0.1) is 12.3 Å². The molecule has 1 atom stereocenters. The molecule has 3 heteroatoms. The van der Waals surface area contributed by atoms with Crippen molar-refractivity contribution in [3.8, 4) is 12.3 Å². The second-order valence-electron chi connectivity index (χ2n) is 3.03. The van der Waals surface area contributed by atoms with E-state index in [-0.39, 0.29) is 13.0 Å². The lowest BCUT2D eigenvalue weighted by molar-refractivity contribution is 0.0269. The topological polar surface area (TPSA) is 46.5 Å². The van der Waals surface area contributed by atoms with Crippen LogP contribution in [0.2, 0.25) is 0 Å². The maximum atomic E-state index is 11.4. The lowest BCUT2D eigenvalue weighted by atomic mass is 10.2. The number of esters is 1. The minimum absolute atomic E-state index is 0.0715. The summed E-state index contributed by atoms with van der Waals surface area (Å²) in [6, 6.07) is 8.60. The summed E-state index contributed by atoms with van der Waals surface area (Å²) >= 11 is 0. The molecule has 78 valence electrons. The Balaban J connectivity index is 2.41. The third-order valence-electron chi connectivity index (χ3n) is 1.77. The number of aliphatic hydroxyl groups excluding tert-OH is 1. The number of carbonyl (C=O) groups is 1. The van der Waals surface area contributed by atoms with Crippen LogP contribution in [0.4, 0.5) is 0 Å². The zero-order valence-electron chi connectivity index (χ0n) is 8.22. The highest BCUT2D eigenvalue weighted by molar-refractivity contribution is 5.89. The largest absolute Gasteiger partial charge is 0.459 e. The van der Waals surface area contributed by atoms with Gasteiger partial charge in [0.05, 0.1) is 11.7 Å². The van der Waals surface area contributed by atoms with E-state index in [2.05, 4.69) is 5.92 Å². The number of rotatable bonds is 4. The molecule has 0 aromatic heterocycles. The molecule has 1 rings (SSSR count). The molecule has 0 amide bonds. The van der Waals surface area contributed by atoms with E-state index in [1.165, 1.54) is 0 Å². The number of ether oxygens (including phenoxy) is 1. The van der Waals surface area contributed by atoms with Gasteiger partial charge in [-0.2, -0.15) is 0 Å². The maximum Gasteiger partial charge on any atom is 0.338 e. The minimum Gasteiger partial charge on any atom is -0.459 e. The molecule has 0 fully saturated rings. The van der Waals surface area contributed by atoms with Crippen LogP contribution in [0.1, 0.15) is 16.8 Å². The Morgan fingerprint density at radius 3 is 2.73 bits per heavy atom. The Morgan fingerprint density at radius 2 is 2.13 bits per heavy atom. The quantitative estimate of drug-likeness (QED) is 0.592. The lowest BCUT2D eigenvalue weighted by Gasteiger charge is -2.08. The van der Waals surface area contributed by atoms with Gasteiger partial charge >= 0.3 is 5.97 Å². The van der Waals surface area contributed by atoms with Crippen molar-refractivity contribution in [2.45, 2.75) is 12.5 Å². The molecular formula is C12H12O3. The summed E-state index contributed by atoms with van der Waals surface area (Å²) in [6.45, 7) is -0.0715. The van der Waals surface area contributed by atoms with E-state index in [4.69, 9.17) is 11.2 Å². The van der Waals surface area contributed by atoms with Gasteiger partial charge in [0.15, 0.2) is 0 Å². The molecule has 0 bridgehead atoms. The summed E-state index contributed by atoms with van der Waals surface area (Å²) in [5.41, 5.74) is 0.463. The van der Waals surface area contributed by atoms with E-state index < -0.39 is 12.1 Å². The van der Waals surface area contributed by atoms with E-state index in [0.717, 1.165) is 0 Å². The smallest absolute Gasteiger partial charge is 0.338 e. The molecule has 15 heavy (non-hydrogen) atoms. The fraction of sp³-hybridized carbons (Fsp3) is 0.250. The van der Waals surface area contributed by atoms with Crippen molar-refractivity contribution in [3.05, 3.63) is 35.9 Å². The number of benzene rings is 1. The van der Waals surface area contributed by atoms with Gasteiger partial charge in [-0.05, 0) is 12.1 Å². The fourth-order valence-electron chi connectivity index (χ4n) is 1.02. The molecule has 0 aliphatic heterocycles. The van der Waals surface area contributed by atoms with Gasteiger partial charge in [-0.15, -0.1) is 12.3 Å². The first-order valence-electron chi connectivity index (χ1n) is 4.57. The number of hydrogen-bond donors (Lipinski definition) is 1. The van der Waals surface area contributed by atoms with Crippen LogP contribution in [-0.4, -0.2) is 23.8 Å². The standard InChI is InChI=1S/C12H12O3/c1-2-6-11(13)9-15-12(14)10-7-4-3-5-8-10/h1,3-5,7-8,11,13H,6,9H2. The van der Waals surface area contributed by atoms with Crippen LogP contribution in [0.5, 0.6) is 0 Å². The van der Waals surface area contributed by atoms with Gasteiger partial charge in [0.1, 0.15) is 6.61 Å². The molecule has 1 unspecified atom stereocenters. The highest BCUT2D eigenvalue weighted by Gasteiger charge is 2.09. The molecule has 0 spiro atoms. The van der Waals surface area contributed by atoms with Crippen molar-refractivity contribution in [2.24, 2.45) is 0 Å². The monoisotopic (exact) mass is 204 g/mol. The predicted octanol–water partition coefficient (Wildman–Crippen LogP) is 1.23. The summed E-state index contributed by atoms with van der Waals surface area (Å²) in [4.78, 5) is 11.4. The fourth-order valence-corrected chi connectivity index (χ4v) is 1.02. The average Bonchev–Trinajstić information content (AvgIpc) is 2.27. The third-order valence-corrected chi connectivity index (χ3v) is 1.77. The second kappa shape index (κ2) is 5.84. The molecule has 0 aliphatic carbocycles. The van der Waals surface area contributed by atoms with Crippen LogP contribution in [0.25, 0.3) is 0 Å². The average molecular weight is 204 g/mol. The summed E-state index contributed by atoms with van der Waals surface area (Å²) in [5.74, 6) is 1.84. The molecule has 0 heterocycles. The summed E-state index contributed by atoms with van der Waals surface area (Å²) in [6.07, 6.45) is 4.39. The first-order chi connectivity index (χ1) is 7.24. The zero-order valence-corrected chi connectivity index (χ0v) is 8.22. The zero-order chi connectivity index (χ0) is 11.1. The van der Waals surface area contributed by atoms with E-state index >= 15 is 0 Å². The van der Waals surface area contributed by atoms with Crippen LogP contribution in [0.3, 0.4) is 0 Å². The molecular weight excluding hydrogens is 192 g/mol. The van der Waals surface area contributed by atoms with Crippen LogP contribution >= 0.6 is 0 Å². The number of terminal acetylenes is 1. The van der Waals surface area contributed by atoms with Gasteiger partial charge in [-0.25, -0.2) is 4.79 Å². The molecule has 1 aromatic rings. The highest BCUT2D eigenvalue weighted by Crippen LogP contribution is 2.02. The van der Waals surface area contributed by atoms with Gasteiger partial charge in [-0.1, -0.05) is 18.2 Å². The van der Waals surface area contributed by atoms with Gasteiger partial charge in [0.2, 0.25) is 0 Å². The van der Waals surface area contributed by atoms with Gasteiger partial charge in [0.25, 0.3) is 0 Å². The van der Waals surface area contributed by atoms with Gasteiger partial charge in [0, 0.05) is 6.42 Å². The predicted molar refractivity (Wildman–Crippen MR) is 56.2 cm³/mol. The number of aliphatic hydroxyl groups is 1. The SMILES string of the molecule is C#CCC(O)COC(=O)c1ccccc1. The molecule has 0 saturated heterocycles. The Hall–Kier alpha value is -1.79. The minimum atomic E-state index is -0.789. The Kier molecular flexibility index (Phi) is 4.39. The maximum absolute atomic E-state index is 11.4. The van der Waals surface area contributed by atoms with Gasteiger partial charge in [-0.3, -0.25) is 0 Å². The summed E-state index contributed by atoms with van der Waals surface area (Å²) < 4.78 is 4.86. The first kappa shape index (κ1) is 11.3. The molecule has 1 N–H and O–H groups in total. The molecule has 1 aromatic carbocycles. The summed E-state index contributed by atoms with van der Waals surface area (Å²) in [7, 11) is 0. The summed E-state index contributed by atoms with van der Waals surface area (Å²) in [5, 5.41) is 9.23. The van der Waals surface area contributed by atoms with E-state index in [0.29, 0.717) is 5.56 Å². The molecule has 0 saturated carbocycles. The Bertz CT molecular complexity index is 351. The Morgan fingerprint density at radius 1 is 1.47 bits per heavy atom. The van der Waals surface area contributed by atoms with Crippen LogP contribution in [0.15, 0.2) is 30.3 Å². The molecule has 3 nitrogen and oxygen atoms in total. The second-order valence-corrected chi connectivity index (χ2v) is 3.03. The van der Waals surface area contributed by atoms with Crippen molar-refractivity contribution in [3.63, 3.8) is 0 Å². The number of carbonyl (C=O) groups excluding carboxylic acids is 1. The molecule has 0 aliphatic rings. The highest BCUT2D eigenvalue weighted by atomic mass is 16.5. The van der Waals surface area contributed by atoms with Crippen molar-refractivity contribution < 1.29 is 14.6 Å². The van der Waals surface area contributed by atoms with Crippen molar-refractivity contribution in [2.75, 3.05) is 6.61 Å². The van der Waals surface area contributed by atoms with Crippen LogP contribution < -0.4 is 0 Å². The van der Waals surface area contributed by atoms with Crippen molar-refractivity contribution >= 4 is 5.97 Å². The van der Waals surface area contributed by atoms with Crippen molar-refractivity contribution in [1.82, 2.24) is 0 Å². The lowest BCUT2D eigenvalue weighted by Crippen LogP contribution is -2.18. The van der Waals surface area contributed by atoms with Crippen LogP contribution in [-0.2, 0) is 4.74 Å². The third kappa shape index (κ3) is 3.84. The van der Waals surface area contributed by atoms with E-state index in [1.54, 1.807) is 24.3 Å². The normalized spacial score (nSPS) is 11.5. The van der Waals surface area contributed by atoms with Gasteiger partial charge < -0.3 is 9.84 Å². The van der Waals surface area contributed by atoms with E-state index in [9.17, 15) is 9.90 Å². The first-order valence-corrected chi connectivity index (χ1v) is 4.57. The van der Waals surface area contributed by atoms with Crippen molar-refractivity contribution in [1.29, 1.82) is 0 Å². The van der Waals surface area contributed by atoms with E-state index in [1.807, 2.05) is 6.07 Å². The molecule has 0 radical (unpaired) electrons. The number of hydrogen-bond acceptors (Lipinski definition) is 3.